The van der Waals surface area contributed by atoms with Crippen LogP contribution in [0.3, 0.4) is 0 Å². The van der Waals surface area contributed by atoms with Gasteiger partial charge in [0, 0.05) is 57.0 Å². The molecule has 6 nitrogen and oxygen atoms in total. The summed E-state index contributed by atoms with van der Waals surface area (Å²) in [4.78, 5) is 6.97. The Kier molecular flexibility index (Phi) is 7.20. The number of nitrogens with one attached hydrogen (secondary N) is 2. The lowest BCUT2D eigenvalue weighted by atomic mass is 9.74. The predicted octanol–water partition coefficient (Wildman–Crippen LogP) is 3.50. The number of hydrogen-bond acceptors (Lipinski definition) is 4. The van der Waals surface area contributed by atoms with E-state index in [4.69, 9.17) is 9.47 Å². The SMILES string of the molecule is CN=C(NCC1(c2ccc(OC)cc2)CCOCC1)NC1CCN(c2ccc(C)cc2)C1. The molecule has 0 bridgehead atoms. The van der Waals surface area contributed by atoms with Gasteiger partial charge in [0.05, 0.1) is 7.11 Å². The topological polar surface area (TPSA) is 58.1 Å². The largest absolute Gasteiger partial charge is 0.497 e. The van der Waals surface area contributed by atoms with Crippen molar-refractivity contribution in [3.05, 3.63) is 59.7 Å². The zero-order valence-corrected chi connectivity index (χ0v) is 19.6. The molecule has 1 unspecified atom stereocenters. The van der Waals surface area contributed by atoms with Crippen LogP contribution in [0.15, 0.2) is 53.5 Å². The Bertz CT molecular complexity index is 889. The molecule has 4 rings (SSSR count). The average molecular weight is 437 g/mol. The molecule has 0 saturated carbocycles. The Morgan fingerprint density at radius 3 is 2.50 bits per heavy atom. The van der Waals surface area contributed by atoms with Crippen molar-refractivity contribution < 1.29 is 9.47 Å². The van der Waals surface area contributed by atoms with Crippen LogP contribution < -0.4 is 20.3 Å². The fraction of sp³-hybridized carbons (Fsp3) is 0.500. The van der Waals surface area contributed by atoms with E-state index in [9.17, 15) is 0 Å². The number of guanidine groups is 1. The lowest BCUT2D eigenvalue weighted by Gasteiger charge is -2.38. The first-order valence-electron chi connectivity index (χ1n) is 11.6. The number of benzene rings is 2. The van der Waals surface area contributed by atoms with E-state index < -0.39 is 0 Å². The van der Waals surface area contributed by atoms with Gasteiger partial charge in [-0.3, -0.25) is 4.99 Å². The Morgan fingerprint density at radius 2 is 1.84 bits per heavy atom. The van der Waals surface area contributed by atoms with Gasteiger partial charge in [-0.05, 0) is 56.0 Å². The molecule has 172 valence electrons. The lowest BCUT2D eigenvalue weighted by Crippen LogP contribution is -2.50. The zero-order chi connectivity index (χ0) is 22.4. The van der Waals surface area contributed by atoms with Crippen molar-refractivity contribution in [2.75, 3.05) is 51.9 Å². The van der Waals surface area contributed by atoms with Gasteiger partial charge < -0.3 is 25.0 Å². The molecule has 1 atom stereocenters. The van der Waals surface area contributed by atoms with Crippen LogP contribution in [0.4, 0.5) is 5.69 Å². The summed E-state index contributed by atoms with van der Waals surface area (Å²) in [5, 5.41) is 7.28. The molecule has 32 heavy (non-hydrogen) atoms. The quantitative estimate of drug-likeness (QED) is 0.536. The van der Waals surface area contributed by atoms with Crippen LogP contribution in [-0.4, -0.2) is 59.0 Å². The Morgan fingerprint density at radius 1 is 1.12 bits per heavy atom. The molecule has 2 fully saturated rings. The van der Waals surface area contributed by atoms with Crippen molar-refractivity contribution in [1.82, 2.24) is 10.6 Å². The Hall–Kier alpha value is -2.73. The van der Waals surface area contributed by atoms with E-state index in [2.05, 4.69) is 76.0 Å². The number of aryl methyl sites for hydroxylation is 1. The monoisotopic (exact) mass is 436 g/mol. The molecule has 6 heteroatoms. The molecular weight excluding hydrogens is 400 g/mol. The maximum absolute atomic E-state index is 5.69. The summed E-state index contributed by atoms with van der Waals surface area (Å²) in [6.45, 7) is 6.58. The molecule has 0 spiro atoms. The first kappa shape index (κ1) is 22.5. The van der Waals surface area contributed by atoms with Gasteiger partial charge in [0.1, 0.15) is 5.75 Å². The van der Waals surface area contributed by atoms with Crippen LogP contribution in [-0.2, 0) is 10.2 Å². The lowest BCUT2D eigenvalue weighted by molar-refractivity contribution is 0.0513. The number of methoxy groups -OCH3 is 1. The maximum Gasteiger partial charge on any atom is 0.191 e. The molecule has 2 heterocycles. The zero-order valence-electron chi connectivity index (χ0n) is 19.6. The Balaban J connectivity index is 1.37. The molecule has 2 aromatic rings. The minimum absolute atomic E-state index is 0.0335. The predicted molar refractivity (Wildman–Crippen MR) is 131 cm³/mol. The molecule has 2 aliphatic heterocycles. The number of anilines is 1. The second kappa shape index (κ2) is 10.3. The number of ether oxygens (including phenoxy) is 2. The van der Waals surface area contributed by atoms with Crippen molar-refractivity contribution in [2.45, 2.75) is 37.6 Å². The molecule has 0 amide bonds. The summed E-state index contributed by atoms with van der Waals surface area (Å²) in [6, 6.07) is 17.7. The average Bonchev–Trinajstić information content (AvgIpc) is 3.31. The molecule has 0 aliphatic carbocycles. The van der Waals surface area contributed by atoms with E-state index in [1.165, 1.54) is 16.8 Å². The third kappa shape index (κ3) is 5.18. The van der Waals surface area contributed by atoms with E-state index in [0.29, 0.717) is 6.04 Å². The maximum atomic E-state index is 5.69. The van der Waals surface area contributed by atoms with Crippen LogP contribution in [0.5, 0.6) is 5.75 Å². The van der Waals surface area contributed by atoms with Crippen molar-refractivity contribution >= 4 is 11.6 Å². The van der Waals surface area contributed by atoms with Crippen LogP contribution in [0.25, 0.3) is 0 Å². The molecule has 0 radical (unpaired) electrons. The summed E-state index contributed by atoms with van der Waals surface area (Å²) in [6.07, 6.45) is 3.09. The smallest absolute Gasteiger partial charge is 0.191 e. The number of aliphatic imine (C=N–C) groups is 1. The molecule has 2 aromatic carbocycles. The summed E-state index contributed by atoms with van der Waals surface area (Å²) >= 11 is 0. The molecule has 0 aromatic heterocycles. The summed E-state index contributed by atoms with van der Waals surface area (Å²) < 4.78 is 11.0. The van der Waals surface area contributed by atoms with Gasteiger partial charge in [-0.15, -0.1) is 0 Å². The van der Waals surface area contributed by atoms with Crippen molar-refractivity contribution in [3.8, 4) is 5.75 Å². The molecule has 2 saturated heterocycles. The van der Waals surface area contributed by atoms with E-state index in [0.717, 1.165) is 63.8 Å². The molecule has 2 N–H and O–H groups in total. The van der Waals surface area contributed by atoms with E-state index in [-0.39, 0.29) is 5.41 Å². The second-order valence-corrected chi connectivity index (χ2v) is 8.96. The number of hydrogen-bond donors (Lipinski definition) is 2. The standard InChI is InChI=1S/C26H36N4O2/c1-20-4-8-23(9-5-20)30-15-12-22(18-30)29-25(27-2)28-19-26(13-16-32-17-14-26)21-6-10-24(31-3)11-7-21/h4-11,22H,12-19H2,1-3H3,(H2,27,28,29). The summed E-state index contributed by atoms with van der Waals surface area (Å²) in [7, 11) is 3.56. The van der Waals surface area contributed by atoms with E-state index in [1.807, 2.05) is 7.05 Å². The van der Waals surface area contributed by atoms with Gasteiger partial charge >= 0.3 is 0 Å². The number of nitrogens with zero attached hydrogens (tertiary/aromatic N) is 2. The van der Waals surface area contributed by atoms with Gasteiger partial charge in [0.15, 0.2) is 5.96 Å². The van der Waals surface area contributed by atoms with Crippen LogP contribution in [0.1, 0.15) is 30.4 Å². The van der Waals surface area contributed by atoms with Gasteiger partial charge in [-0.2, -0.15) is 0 Å². The minimum Gasteiger partial charge on any atom is -0.497 e. The van der Waals surface area contributed by atoms with Gasteiger partial charge in [0.25, 0.3) is 0 Å². The van der Waals surface area contributed by atoms with E-state index >= 15 is 0 Å². The summed E-state index contributed by atoms with van der Waals surface area (Å²) in [5.41, 5.74) is 3.96. The summed E-state index contributed by atoms with van der Waals surface area (Å²) in [5.74, 6) is 1.76. The molecular formula is C26H36N4O2. The second-order valence-electron chi connectivity index (χ2n) is 8.96. The molecule has 2 aliphatic rings. The third-order valence-electron chi connectivity index (χ3n) is 6.90. The fourth-order valence-electron chi connectivity index (χ4n) is 4.78. The third-order valence-corrected chi connectivity index (χ3v) is 6.90. The first-order valence-corrected chi connectivity index (χ1v) is 11.6. The van der Waals surface area contributed by atoms with E-state index in [1.54, 1.807) is 7.11 Å². The van der Waals surface area contributed by atoms with Crippen molar-refractivity contribution in [3.63, 3.8) is 0 Å². The normalized spacial score (nSPS) is 20.8. The highest BCUT2D eigenvalue weighted by molar-refractivity contribution is 5.80. The minimum atomic E-state index is 0.0335. The van der Waals surface area contributed by atoms with Crippen LogP contribution >= 0.6 is 0 Å². The van der Waals surface area contributed by atoms with Gasteiger partial charge in [0.2, 0.25) is 0 Å². The van der Waals surface area contributed by atoms with Gasteiger partial charge in [-0.25, -0.2) is 0 Å². The first-order chi connectivity index (χ1) is 15.6. The Labute approximate surface area is 192 Å². The van der Waals surface area contributed by atoms with Crippen molar-refractivity contribution in [2.24, 2.45) is 4.99 Å². The highest BCUT2D eigenvalue weighted by Gasteiger charge is 2.35. The number of rotatable bonds is 6. The van der Waals surface area contributed by atoms with Gasteiger partial charge in [-0.1, -0.05) is 29.8 Å². The highest BCUT2D eigenvalue weighted by Crippen LogP contribution is 2.35. The van der Waals surface area contributed by atoms with Crippen LogP contribution in [0, 0.1) is 6.92 Å². The van der Waals surface area contributed by atoms with Crippen LogP contribution in [0.2, 0.25) is 0 Å². The fourth-order valence-corrected chi connectivity index (χ4v) is 4.78. The van der Waals surface area contributed by atoms with Crippen molar-refractivity contribution in [1.29, 1.82) is 0 Å². The highest BCUT2D eigenvalue weighted by atomic mass is 16.5.